The van der Waals surface area contributed by atoms with Gasteiger partial charge >= 0.3 is 0 Å². The predicted molar refractivity (Wildman–Crippen MR) is 89.4 cm³/mol. The first-order valence-corrected chi connectivity index (χ1v) is 7.40. The van der Waals surface area contributed by atoms with Crippen LogP contribution >= 0.6 is 0 Å². The molecule has 114 valence electrons. The van der Waals surface area contributed by atoms with Gasteiger partial charge in [0.05, 0.1) is 23.7 Å². The van der Waals surface area contributed by atoms with Crippen LogP contribution in [0.3, 0.4) is 0 Å². The first-order valence-electron chi connectivity index (χ1n) is 7.40. The van der Waals surface area contributed by atoms with Crippen LogP contribution in [0.4, 0.5) is 5.95 Å². The number of nitrogens with one attached hydrogen (secondary N) is 2. The number of para-hydroxylation sites is 2. The summed E-state index contributed by atoms with van der Waals surface area (Å²) in [7, 11) is 0. The Labute approximate surface area is 132 Å². The summed E-state index contributed by atoms with van der Waals surface area (Å²) in [5, 5.41) is 3.77. The Kier molecular flexibility index (Phi) is 3.12. The van der Waals surface area contributed by atoms with Crippen molar-refractivity contribution in [1.82, 2.24) is 9.97 Å². The van der Waals surface area contributed by atoms with Gasteiger partial charge in [-0.3, -0.25) is 10.1 Å². The molecular formula is C18H15N3O2. The number of carbonyl (C=O) groups excluding carboxylic acids is 1. The molecule has 1 amide bonds. The molecule has 2 N–H and O–H groups in total. The van der Waals surface area contributed by atoms with Crippen LogP contribution < -0.4 is 5.32 Å². The van der Waals surface area contributed by atoms with E-state index in [0.717, 1.165) is 33.1 Å². The lowest BCUT2D eigenvalue weighted by Gasteiger charge is -2.00. The number of benzene rings is 2. The zero-order valence-corrected chi connectivity index (χ0v) is 12.6. The molecule has 2 aromatic carbocycles. The molecule has 2 heterocycles. The van der Waals surface area contributed by atoms with E-state index in [2.05, 4.69) is 15.3 Å². The van der Waals surface area contributed by atoms with Crippen LogP contribution in [0.15, 0.2) is 53.1 Å². The van der Waals surface area contributed by atoms with E-state index in [1.807, 2.05) is 49.4 Å². The molecule has 0 radical (unpaired) electrons. The van der Waals surface area contributed by atoms with Crippen molar-refractivity contribution in [3.63, 3.8) is 0 Å². The van der Waals surface area contributed by atoms with Gasteiger partial charge in [0.2, 0.25) is 11.9 Å². The molecule has 0 aliphatic heterocycles. The van der Waals surface area contributed by atoms with Gasteiger partial charge in [0.15, 0.2) is 0 Å². The Hall–Kier alpha value is -3.08. The monoisotopic (exact) mass is 305 g/mol. The maximum absolute atomic E-state index is 12.3. The number of hydrogen-bond donors (Lipinski definition) is 2. The SMILES string of the molecule is Cc1ccc2c(CC(=O)Nc3nc4ccccc4[nH]3)coc2c1. The molecule has 0 saturated heterocycles. The molecule has 5 nitrogen and oxygen atoms in total. The Morgan fingerprint density at radius 2 is 2.13 bits per heavy atom. The number of furan rings is 1. The number of H-pyrrole nitrogens is 1. The Bertz CT molecular complexity index is 980. The number of nitrogens with zero attached hydrogens (tertiary/aromatic N) is 1. The Balaban J connectivity index is 1.54. The standard InChI is InChI=1S/C18H15N3O2/c1-11-6-7-13-12(10-23-16(13)8-11)9-17(22)21-18-19-14-4-2-3-5-15(14)20-18/h2-8,10H,9H2,1H3,(H2,19,20,21,22). The molecule has 0 aliphatic carbocycles. The Morgan fingerprint density at radius 1 is 1.26 bits per heavy atom. The number of rotatable bonds is 3. The van der Waals surface area contributed by atoms with Crippen LogP contribution in [-0.2, 0) is 11.2 Å². The molecule has 0 fully saturated rings. The van der Waals surface area contributed by atoms with Crippen molar-refractivity contribution in [1.29, 1.82) is 0 Å². The molecule has 0 saturated carbocycles. The average molecular weight is 305 g/mol. The molecule has 0 spiro atoms. The number of anilines is 1. The van der Waals surface area contributed by atoms with Crippen LogP contribution in [0.1, 0.15) is 11.1 Å². The maximum Gasteiger partial charge on any atom is 0.231 e. The van der Waals surface area contributed by atoms with Crippen molar-refractivity contribution < 1.29 is 9.21 Å². The third-order valence-electron chi connectivity index (χ3n) is 3.81. The Morgan fingerprint density at radius 3 is 3.00 bits per heavy atom. The number of imidazole rings is 1. The molecule has 5 heteroatoms. The topological polar surface area (TPSA) is 70.9 Å². The van der Waals surface area contributed by atoms with E-state index in [4.69, 9.17) is 4.42 Å². The molecule has 2 aromatic heterocycles. The predicted octanol–water partition coefficient (Wildman–Crippen LogP) is 3.80. The minimum atomic E-state index is -0.132. The zero-order chi connectivity index (χ0) is 15.8. The highest BCUT2D eigenvalue weighted by Crippen LogP contribution is 2.23. The van der Waals surface area contributed by atoms with E-state index >= 15 is 0 Å². The van der Waals surface area contributed by atoms with E-state index in [1.165, 1.54) is 0 Å². The second kappa shape index (κ2) is 5.28. The van der Waals surface area contributed by atoms with Crippen LogP contribution in [0.5, 0.6) is 0 Å². The molecule has 0 aliphatic rings. The van der Waals surface area contributed by atoms with Crippen LogP contribution in [0.2, 0.25) is 0 Å². The number of fused-ring (bicyclic) bond motifs is 2. The molecule has 4 aromatic rings. The minimum Gasteiger partial charge on any atom is -0.464 e. The highest BCUT2D eigenvalue weighted by molar-refractivity contribution is 5.95. The third-order valence-corrected chi connectivity index (χ3v) is 3.81. The van der Waals surface area contributed by atoms with Crippen LogP contribution in [0, 0.1) is 6.92 Å². The van der Waals surface area contributed by atoms with Crippen molar-refractivity contribution in [3.05, 3.63) is 59.9 Å². The lowest BCUT2D eigenvalue weighted by molar-refractivity contribution is -0.115. The first kappa shape index (κ1) is 13.6. The highest BCUT2D eigenvalue weighted by Gasteiger charge is 2.12. The fraction of sp³-hybridized carbons (Fsp3) is 0.111. The average Bonchev–Trinajstić information content (AvgIpc) is 3.10. The summed E-state index contributed by atoms with van der Waals surface area (Å²) in [6.07, 6.45) is 1.88. The van der Waals surface area contributed by atoms with Gasteiger partial charge in [0.1, 0.15) is 5.58 Å². The first-order chi connectivity index (χ1) is 11.2. The number of aromatic amines is 1. The second-order valence-corrected chi connectivity index (χ2v) is 5.59. The fourth-order valence-corrected chi connectivity index (χ4v) is 2.69. The summed E-state index contributed by atoms with van der Waals surface area (Å²) >= 11 is 0. The molecule has 0 atom stereocenters. The van der Waals surface area contributed by atoms with Crippen LogP contribution in [-0.4, -0.2) is 15.9 Å². The van der Waals surface area contributed by atoms with Crippen molar-refractivity contribution in [2.75, 3.05) is 5.32 Å². The van der Waals surface area contributed by atoms with E-state index in [9.17, 15) is 4.79 Å². The van der Waals surface area contributed by atoms with Crippen molar-refractivity contribution in [3.8, 4) is 0 Å². The fourth-order valence-electron chi connectivity index (χ4n) is 2.69. The smallest absolute Gasteiger partial charge is 0.231 e. The normalized spacial score (nSPS) is 11.2. The quantitative estimate of drug-likeness (QED) is 0.605. The summed E-state index contributed by atoms with van der Waals surface area (Å²) < 4.78 is 5.53. The third kappa shape index (κ3) is 2.57. The number of carbonyl (C=O) groups is 1. The molecule has 4 rings (SSSR count). The molecule has 23 heavy (non-hydrogen) atoms. The molecule has 0 bridgehead atoms. The summed E-state index contributed by atoms with van der Waals surface area (Å²) in [4.78, 5) is 19.7. The van der Waals surface area contributed by atoms with E-state index < -0.39 is 0 Å². The van der Waals surface area contributed by atoms with Crippen molar-refractivity contribution >= 4 is 33.9 Å². The largest absolute Gasteiger partial charge is 0.464 e. The van der Waals surface area contributed by atoms with Gasteiger partial charge in [-0.2, -0.15) is 0 Å². The molecular weight excluding hydrogens is 290 g/mol. The number of amides is 1. The maximum atomic E-state index is 12.3. The van der Waals surface area contributed by atoms with E-state index in [-0.39, 0.29) is 12.3 Å². The highest BCUT2D eigenvalue weighted by atomic mass is 16.3. The summed E-state index contributed by atoms with van der Waals surface area (Å²) in [6, 6.07) is 13.6. The van der Waals surface area contributed by atoms with Gasteiger partial charge in [0, 0.05) is 10.9 Å². The van der Waals surface area contributed by atoms with E-state index in [1.54, 1.807) is 6.26 Å². The molecule has 0 unspecified atom stereocenters. The van der Waals surface area contributed by atoms with E-state index in [0.29, 0.717) is 5.95 Å². The lowest BCUT2D eigenvalue weighted by Crippen LogP contribution is -2.15. The number of aromatic nitrogens is 2. The minimum absolute atomic E-state index is 0.132. The summed E-state index contributed by atoms with van der Waals surface area (Å²) in [5.74, 6) is 0.326. The van der Waals surface area contributed by atoms with Crippen molar-refractivity contribution in [2.45, 2.75) is 13.3 Å². The van der Waals surface area contributed by atoms with Gasteiger partial charge in [0.25, 0.3) is 0 Å². The summed E-state index contributed by atoms with van der Waals surface area (Å²) in [5.41, 5.74) is 4.52. The van der Waals surface area contributed by atoms with Gasteiger partial charge in [-0.15, -0.1) is 0 Å². The number of aryl methyl sites for hydroxylation is 1. The second-order valence-electron chi connectivity index (χ2n) is 5.59. The van der Waals surface area contributed by atoms with Gasteiger partial charge in [-0.05, 0) is 30.7 Å². The van der Waals surface area contributed by atoms with Crippen molar-refractivity contribution in [2.24, 2.45) is 0 Å². The van der Waals surface area contributed by atoms with Gasteiger partial charge < -0.3 is 9.40 Å². The zero-order valence-electron chi connectivity index (χ0n) is 12.6. The lowest BCUT2D eigenvalue weighted by atomic mass is 10.1. The van der Waals surface area contributed by atoms with Gasteiger partial charge in [-0.1, -0.05) is 24.3 Å². The number of hydrogen-bond acceptors (Lipinski definition) is 3. The summed E-state index contributed by atoms with van der Waals surface area (Å²) in [6.45, 7) is 2.01. The van der Waals surface area contributed by atoms with Gasteiger partial charge in [-0.25, -0.2) is 4.98 Å². The van der Waals surface area contributed by atoms with Crippen LogP contribution in [0.25, 0.3) is 22.0 Å².